The van der Waals surface area contributed by atoms with Crippen LogP contribution >= 0.6 is 0 Å². The Bertz CT molecular complexity index is 482. The standard InChI is InChI=1S/C16H21FO4/c1-21-13(20)15-5-2-14(3-6-15,4-7-15)11(18)10-12(19)16(17)8-9-16/h2-10H2,1H3. The van der Waals surface area contributed by atoms with Crippen LogP contribution < -0.4 is 0 Å². The van der Waals surface area contributed by atoms with Crippen molar-refractivity contribution in [2.45, 2.75) is 63.5 Å². The fourth-order valence-corrected chi connectivity index (χ4v) is 4.01. The van der Waals surface area contributed by atoms with Crippen molar-refractivity contribution < 1.29 is 23.5 Å². The fourth-order valence-electron chi connectivity index (χ4n) is 4.01. The Kier molecular flexibility index (Phi) is 3.22. The number of carbonyl (C=O) groups is 3. The van der Waals surface area contributed by atoms with Gasteiger partial charge in [0, 0.05) is 5.41 Å². The molecule has 0 saturated heterocycles. The lowest BCUT2D eigenvalue weighted by Gasteiger charge is -2.50. The molecule has 116 valence electrons. The predicted molar refractivity (Wildman–Crippen MR) is 72.3 cm³/mol. The van der Waals surface area contributed by atoms with E-state index in [0.717, 1.165) is 0 Å². The first kappa shape index (κ1) is 14.7. The molecule has 0 aromatic rings. The minimum atomic E-state index is -1.72. The number of alkyl halides is 1. The van der Waals surface area contributed by atoms with Crippen LogP contribution in [0.15, 0.2) is 0 Å². The van der Waals surface area contributed by atoms with Gasteiger partial charge in [0.2, 0.25) is 0 Å². The number of hydrogen-bond acceptors (Lipinski definition) is 4. The molecule has 4 fully saturated rings. The van der Waals surface area contributed by atoms with E-state index in [0.29, 0.717) is 38.5 Å². The zero-order chi connectivity index (χ0) is 15.3. The highest BCUT2D eigenvalue weighted by atomic mass is 19.1. The number of esters is 1. The zero-order valence-corrected chi connectivity index (χ0v) is 12.4. The molecule has 5 heteroatoms. The van der Waals surface area contributed by atoms with Crippen LogP contribution in [0.1, 0.15) is 57.8 Å². The topological polar surface area (TPSA) is 60.4 Å². The molecule has 4 aliphatic carbocycles. The lowest BCUT2D eigenvalue weighted by molar-refractivity contribution is -0.166. The van der Waals surface area contributed by atoms with Crippen molar-refractivity contribution in [1.82, 2.24) is 0 Å². The molecule has 21 heavy (non-hydrogen) atoms. The number of carbonyl (C=O) groups excluding carboxylic acids is 3. The predicted octanol–water partition coefficient (Wildman–Crippen LogP) is 2.53. The summed E-state index contributed by atoms with van der Waals surface area (Å²) in [6, 6.07) is 0. The molecule has 0 atom stereocenters. The minimum absolute atomic E-state index is 0.116. The Balaban J connectivity index is 1.67. The summed E-state index contributed by atoms with van der Waals surface area (Å²) >= 11 is 0. The van der Waals surface area contributed by atoms with Gasteiger partial charge in [-0.25, -0.2) is 4.39 Å². The number of ketones is 2. The number of Topliss-reactive ketones (excluding diaryl/α,β-unsaturated/α-hetero) is 2. The molecular weight excluding hydrogens is 275 g/mol. The van der Waals surface area contributed by atoms with Crippen LogP contribution in [0, 0.1) is 10.8 Å². The van der Waals surface area contributed by atoms with E-state index < -0.39 is 22.3 Å². The van der Waals surface area contributed by atoms with Crippen molar-refractivity contribution >= 4 is 17.5 Å². The lowest BCUT2D eigenvalue weighted by atomic mass is 9.52. The van der Waals surface area contributed by atoms with Crippen molar-refractivity contribution in [3.8, 4) is 0 Å². The molecule has 0 N–H and O–H groups in total. The van der Waals surface area contributed by atoms with Gasteiger partial charge in [0.1, 0.15) is 5.78 Å². The molecule has 0 heterocycles. The molecule has 4 rings (SSSR count). The normalized spacial score (nSPS) is 36.1. The average Bonchev–Trinajstić information content (AvgIpc) is 3.27. The van der Waals surface area contributed by atoms with E-state index >= 15 is 0 Å². The van der Waals surface area contributed by atoms with Gasteiger partial charge in [-0.05, 0) is 51.4 Å². The maximum Gasteiger partial charge on any atom is 0.311 e. The molecular formula is C16H21FO4. The van der Waals surface area contributed by atoms with Gasteiger partial charge in [0.05, 0.1) is 18.9 Å². The number of hydrogen-bond donors (Lipinski definition) is 0. The van der Waals surface area contributed by atoms with Crippen LogP contribution in [0.2, 0.25) is 0 Å². The highest BCUT2D eigenvalue weighted by Crippen LogP contribution is 2.58. The molecule has 2 bridgehead atoms. The van der Waals surface area contributed by atoms with E-state index in [1.54, 1.807) is 0 Å². The lowest BCUT2D eigenvalue weighted by Crippen LogP contribution is -2.50. The SMILES string of the molecule is COC(=O)C12CCC(C(=O)CC(=O)C3(F)CC3)(CC1)CC2. The summed E-state index contributed by atoms with van der Waals surface area (Å²) < 4.78 is 18.6. The third-order valence-electron chi connectivity index (χ3n) is 5.97. The van der Waals surface area contributed by atoms with Crippen molar-refractivity contribution in [2.24, 2.45) is 10.8 Å². The first-order valence-electron chi connectivity index (χ1n) is 7.70. The van der Waals surface area contributed by atoms with Gasteiger partial charge in [-0.15, -0.1) is 0 Å². The number of halogens is 1. The maximum absolute atomic E-state index is 13.7. The maximum atomic E-state index is 13.7. The van der Waals surface area contributed by atoms with Gasteiger partial charge in [0.25, 0.3) is 0 Å². The number of rotatable bonds is 5. The summed E-state index contributed by atoms with van der Waals surface area (Å²) in [6.07, 6.45) is 4.02. The fraction of sp³-hybridized carbons (Fsp3) is 0.812. The van der Waals surface area contributed by atoms with Gasteiger partial charge in [-0.2, -0.15) is 0 Å². The Hall–Kier alpha value is -1.26. The first-order valence-corrected chi connectivity index (χ1v) is 7.70. The van der Waals surface area contributed by atoms with Crippen LogP contribution in [0.3, 0.4) is 0 Å². The zero-order valence-electron chi connectivity index (χ0n) is 12.4. The highest BCUT2D eigenvalue weighted by molar-refractivity contribution is 6.06. The van der Waals surface area contributed by atoms with Crippen LogP contribution in [-0.2, 0) is 19.1 Å². The Labute approximate surface area is 123 Å². The summed E-state index contributed by atoms with van der Waals surface area (Å²) in [5.41, 5.74) is -2.65. The van der Waals surface area contributed by atoms with Crippen LogP contribution in [0.25, 0.3) is 0 Å². The molecule has 0 aliphatic heterocycles. The summed E-state index contributed by atoms with van der Waals surface area (Å²) in [4.78, 5) is 36.2. The van der Waals surface area contributed by atoms with E-state index in [2.05, 4.69) is 0 Å². The summed E-state index contributed by atoms with van der Waals surface area (Å²) in [7, 11) is 1.40. The molecule has 0 radical (unpaired) electrons. The smallest absolute Gasteiger partial charge is 0.311 e. The minimum Gasteiger partial charge on any atom is -0.469 e. The Morgan fingerprint density at radius 3 is 1.76 bits per heavy atom. The van der Waals surface area contributed by atoms with E-state index in [4.69, 9.17) is 4.74 Å². The van der Waals surface area contributed by atoms with Crippen molar-refractivity contribution in [2.75, 3.05) is 7.11 Å². The highest BCUT2D eigenvalue weighted by Gasteiger charge is 2.57. The summed E-state index contributed by atoms with van der Waals surface area (Å²) in [5.74, 6) is -0.841. The number of ether oxygens (including phenoxy) is 1. The van der Waals surface area contributed by atoms with Crippen molar-refractivity contribution in [3.63, 3.8) is 0 Å². The molecule has 0 aromatic carbocycles. The number of fused-ring (bicyclic) bond motifs is 3. The molecule has 4 aliphatic rings. The molecule has 0 amide bonds. The molecule has 4 nitrogen and oxygen atoms in total. The summed E-state index contributed by atoms with van der Waals surface area (Å²) in [5, 5.41) is 0. The third kappa shape index (κ3) is 2.21. The van der Waals surface area contributed by atoms with E-state index in [1.165, 1.54) is 7.11 Å². The molecule has 4 saturated carbocycles. The van der Waals surface area contributed by atoms with E-state index in [1.807, 2.05) is 0 Å². The van der Waals surface area contributed by atoms with Gasteiger partial charge in [-0.3, -0.25) is 14.4 Å². The van der Waals surface area contributed by atoms with Crippen LogP contribution in [0.4, 0.5) is 4.39 Å². The van der Waals surface area contributed by atoms with E-state index in [9.17, 15) is 18.8 Å². The van der Waals surface area contributed by atoms with Crippen LogP contribution in [-0.4, -0.2) is 30.3 Å². The van der Waals surface area contributed by atoms with Gasteiger partial charge < -0.3 is 4.74 Å². The molecule has 0 aromatic heterocycles. The average molecular weight is 296 g/mol. The van der Waals surface area contributed by atoms with Crippen molar-refractivity contribution in [3.05, 3.63) is 0 Å². The number of methoxy groups -OCH3 is 1. The molecule has 0 spiro atoms. The molecule has 0 unspecified atom stereocenters. The second-order valence-electron chi connectivity index (χ2n) is 7.04. The van der Waals surface area contributed by atoms with Gasteiger partial charge >= 0.3 is 5.97 Å². The summed E-state index contributed by atoms with van der Waals surface area (Å²) in [6.45, 7) is 0. The first-order chi connectivity index (χ1) is 9.86. The quantitative estimate of drug-likeness (QED) is 0.578. The van der Waals surface area contributed by atoms with Gasteiger partial charge in [-0.1, -0.05) is 0 Å². The van der Waals surface area contributed by atoms with Gasteiger partial charge in [0.15, 0.2) is 11.5 Å². The van der Waals surface area contributed by atoms with Crippen LogP contribution in [0.5, 0.6) is 0 Å². The second-order valence-corrected chi connectivity index (χ2v) is 7.04. The third-order valence-corrected chi connectivity index (χ3v) is 5.97. The monoisotopic (exact) mass is 296 g/mol. The largest absolute Gasteiger partial charge is 0.469 e. The van der Waals surface area contributed by atoms with E-state index in [-0.39, 0.29) is 31.0 Å². The Morgan fingerprint density at radius 1 is 0.857 bits per heavy atom. The van der Waals surface area contributed by atoms with Crippen molar-refractivity contribution in [1.29, 1.82) is 0 Å². The second kappa shape index (κ2) is 4.62. The Morgan fingerprint density at radius 2 is 1.33 bits per heavy atom.